The smallest absolute Gasteiger partial charge is 0.259 e. The highest BCUT2D eigenvalue weighted by Crippen LogP contribution is 2.28. The second-order valence-electron chi connectivity index (χ2n) is 5.85. The van der Waals surface area contributed by atoms with Gasteiger partial charge in [0.05, 0.1) is 12.8 Å². The fraction of sp³-hybridized carbons (Fsp3) is 0.333. The monoisotopic (exact) mass is 342 g/mol. The van der Waals surface area contributed by atoms with Crippen molar-refractivity contribution >= 4 is 16.3 Å². The van der Waals surface area contributed by atoms with Crippen LogP contribution >= 0.6 is 11.3 Å². The summed E-state index contributed by atoms with van der Waals surface area (Å²) in [7, 11) is 1.62. The predicted octanol–water partition coefficient (Wildman–Crippen LogP) is 3.22. The number of nitrogens with zero attached hydrogens (tertiary/aromatic N) is 2. The number of ether oxygens (including phenoxy) is 2. The lowest BCUT2D eigenvalue weighted by Gasteiger charge is -2.10. The molecule has 0 N–H and O–H groups in total. The molecule has 0 unspecified atom stereocenters. The fourth-order valence-corrected chi connectivity index (χ4v) is 4.30. The van der Waals surface area contributed by atoms with E-state index >= 15 is 0 Å². The van der Waals surface area contributed by atoms with Crippen molar-refractivity contribution in [2.75, 3.05) is 7.11 Å². The number of rotatable bonds is 4. The first-order chi connectivity index (χ1) is 11.7. The van der Waals surface area contributed by atoms with Gasteiger partial charge in [0.2, 0.25) is 0 Å². The summed E-state index contributed by atoms with van der Waals surface area (Å²) >= 11 is 1.63. The van der Waals surface area contributed by atoms with Crippen LogP contribution in [0.5, 0.6) is 11.5 Å². The Kier molecular flexibility index (Phi) is 3.98. The SMILES string of the molecule is COc1cccc(OCc2cc(=O)n3c4c(sc3n2)CCCC4)c1. The minimum Gasteiger partial charge on any atom is -0.497 e. The van der Waals surface area contributed by atoms with E-state index in [1.54, 1.807) is 28.9 Å². The Morgan fingerprint density at radius 1 is 1.21 bits per heavy atom. The van der Waals surface area contributed by atoms with E-state index in [1.807, 2.05) is 24.3 Å². The average molecular weight is 342 g/mol. The highest BCUT2D eigenvalue weighted by atomic mass is 32.1. The first-order valence-electron chi connectivity index (χ1n) is 8.04. The summed E-state index contributed by atoms with van der Waals surface area (Å²) in [6.45, 7) is 0.265. The summed E-state index contributed by atoms with van der Waals surface area (Å²) in [5.41, 5.74) is 1.80. The van der Waals surface area contributed by atoms with E-state index in [4.69, 9.17) is 9.47 Å². The van der Waals surface area contributed by atoms with Crippen LogP contribution in [0.1, 0.15) is 29.1 Å². The van der Waals surface area contributed by atoms with Crippen LogP contribution in [-0.4, -0.2) is 16.5 Å². The van der Waals surface area contributed by atoms with Crippen molar-refractivity contribution < 1.29 is 9.47 Å². The maximum absolute atomic E-state index is 12.5. The third-order valence-corrected chi connectivity index (χ3v) is 5.39. The molecule has 2 aromatic heterocycles. The van der Waals surface area contributed by atoms with Gasteiger partial charge in [-0.2, -0.15) is 0 Å². The molecule has 124 valence electrons. The van der Waals surface area contributed by atoms with Crippen LogP contribution in [0.3, 0.4) is 0 Å². The largest absolute Gasteiger partial charge is 0.497 e. The minimum atomic E-state index is -0.0105. The Morgan fingerprint density at radius 2 is 2.04 bits per heavy atom. The molecule has 0 fully saturated rings. The molecule has 1 aliphatic carbocycles. The Balaban J connectivity index is 1.62. The molecule has 6 heteroatoms. The van der Waals surface area contributed by atoms with Gasteiger partial charge in [-0.05, 0) is 37.8 Å². The van der Waals surface area contributed by atoms with E-state index in [0.717, 1.165) is 35.7 Å². The molecule has 0 saturated heterocycles. The topological polar surface area (TPSA) is 52.8 Å². The van der Waals surface area contributed by atoms with Crippen LogP contribution in [0.25, 0.3) is 4.96 Å². The maximum Gasteiger partial charge on any atom is 0.259 e. The van der Waals surface area contributed by atoms with Crippen molar-refractivity contribution in [2.45, 2.75) is 32.3 Å². The molecule has 0 atom stereocenters. The van der Waals surface area contributed by atoms with Gasteiger partial charge in [-0.3, -0.25) is 9.20 Å². The maximum atomic E-state index is 12.5. The van der Waals surface area contributed by atoms with E-state index in [-0.39, 0.29) is 12.2 Å². The van der Waals surface area contributed by atoms with E-state index < -0.39 is 0 Å². The number of aromatic nitrogens is 2. The second-order valence-corrected chi connectivity index (χ2v) is 6.91. The highest BCUT2D eigenvalue weighted by Gasteiger charge is 2.18. The lowest BCUT2D eigenvalue weighted by atomic mass is 10.0. The van der Waals surface area contributed by atoms with E-state index in [9.17, 15) is 4.79 Å². The zero-order valence-corrected chi connectivity index (χ0v) is 14.3. The molecule has 1 aliphatic rings. The first kappa shape index (κ1) is 15.2. The van der Waals surface area contributed by atoms with Crippen molar-refractivity contribution in [1.29, 1.82) is 0 Å². The molecule has 0 bridgehead atoms. The molecule has 0 amide bonds. The summed E-state index contributed by atoms with van der Waals surface area (Å²) < 4.78 is 12.7. The van der Waals surface area contributed by atoms with Gasteiger partial charge in [0.1, 0.15) is 18.1 Å². The van der Waals surface area contributed by atoms with Gasteiger partial charge in [0.15, 0.2) is 4.96 Å². The molecule has 4 rings (SSSR count). The lowest BCUT2D eigenvalue weighted by Crippen LogP contribution is -2.18. The van der Waals surface area contributed by atoms with Gasteiger partial charge in [-0.15, -0.1) is 11.3 Å². The van der Waals surface area contributed by atoms with Crippen molar-refractivity contribution in [2.24, 2.45) is 0 Å². The summed E-state index contributed by atoms with van der Waals surface area (Å²) in [4.78, 5) is 19.2. The number of thiazole rings is 1. The third-order valence-electron chi connectivity index (χ3n) is 4.24. The van der Waals surface area contributed by atoms with Gasteiger partial charge in [0.25, 0.3) is 5.56 Å². The van der Waals surface area contributed by atoms with Crippen LogP contribution < -0.4 is 15.0 Å². The Morgan fingerprint density at radius 3 is 2.92 bits per heavy atom. The molecule has 24 heavy (non-hydrogen) atoms. The summed E-state index contributed by atoms with van der Waals surface area (Å²) in [5.74, 6) is 1.43. The fourth-order valence-electron chi connectivity index (χ4n) is 3.06. The van der Waals surface area contributed by atoms with Gasteiger partial charge >= 0.3 is 0 Å². The predicted molar refractivity (Wildman–Crippen MR) is 93.3 cm³/mol. The highest BCUT2D eigenvalue weighted by molar-refractivity contribution is 7.17. The summed E-state index contributed by atoms with van der Waals surface area (Å²) in [5, 5.41) is 0. The lowest BCUT2D eigenvalue weighted by molar-refractivity contribution is 0.299. The Bertz CT molecular complexity index is 945. The quantitative estimate of drug-likeness (QED) is 0.730. The van der Waals surface area contributed by atoms with Crippen LogP contribution in [0.2, 0.25) is 0 Å². The molecule has 0 radical (unpaired) electrons. The normalized spacial score (nSPS) is 13.7. The number of methoxy groups -OCH3 is 1. The molecule has 2 heterocycles. The van der Waals surface area contributed by atoms with Crippen LogP contribution in [-0.2, 0) is 19.4 Å². The van der Waals surface area contributed by atoms with Crippen LogP contribution in [0.15, 0.2) is 35.1 Å². The van der Waals surface area contributed by atoms with Crippen molar-refractivity contribution in [3.8, 4) is 11.5 Å². The Labute approximate surface area is 143 Å². The molecular weight excluding hydrogens is 324 g/mol. The van der Waals surface area contributed by atoms with Crippen LogP contribution in [0.4, 0.5) is 0 Å². The average Bonchev–Trinajstić information content (AvgIpc) is 2.99. The van der Waals surface area contributed by atoms with Crippen LogP contribution in [0, 0.1) is 0 Å². The van der Waals surface area contributed by atoms with E-state index in [1.165, 1.54) is 11.3 Å². The van der Waals surface area contributed by atoms with E-state index in [2.05, 4.69) is 4.98 Å². The molecule has 0 aliphatic heterocycles. The van der Waals surface area contributed by atoms with Gasteiger partial charge in [-0.1, -0.05) is 6.07 Å². The number of aryl methyl sites for hydroxylation is 2. The summed E-state index contributed by atoms with van der Waals surface area (Å²) in [6, 6.07) is 8.98. The molecule has 3 aromatic rings. The standard InChI is InChI=1S/C18H18N2O3S/c1-22-13-5-4-6-14(10-13)23-11-12-9-17(21)20-15-7-2-3-8-16(15)24-18(20)19-12/h4-6,9-10H,2-3,7-8,11H2,1H3. The minimum absolute atomic E-state index is 0.0105. The van der Waals surface area contributed by atoms with Gasteiger partial charge in [0, 0.05) is 22.7 Å². The van der Waals surface area contributed by atoms with Crippen molar-refractivity contribution in [3.05, 3.63) is 57.0 Å². The number of hydrogen-bond acceptors (Lipinski definition) is 5. The van der Waals surface area contributed by atoms with Crippen molar-refractivity contribution in [1.82, 2.24) is 9.38 Å². The molecule has 1 aromatic carbocycles. The molecular formula is C18H18N2O3S. The van der Waals surface area contributed by atoms with Crippen molar-refractivity contribution in [3.63, 3.8) is 0 Å². The summed E-state index contributed by atoms with van der Waals surface area (Å²) in [6.07, 6.45) is 4.36. The Hall–Kier alpha value is -2.34. The first-order valence-corrected chi connectivity index (χ1v) is 8.86. The zero-order valence-electron chi connectivity index (χ0n) is 13.4. The molecule has 0 spiro atoms. The molecule has 5 nitrogen and oxygen atoms in total. The zero-order chi connectivity index (χ0) is 16.5. The third kappa shape index (κ3) is 2.78. The van der Waals surface area contributed by atoms with Gasteiger partial charge < -0.3 is 9.47 Å². The van der Waals surface area contributed by atoms with E-state index in [0.29, 0.717) is 11.4 Å². The molecule has 0 saturated carbocycles. The number of fused-ring (bicyclic) bond motifs is 3. The second kappa shape index (κ2) is 6.28. The number of benzene rings is 1. The number of hydrogen-bond donors (Lipinski definition) is 0. The van der Waals surface area contributed by atoms with Gasteiger partial charge in [-0.25, -0.2) is 4.98 Å².